The van der Waals surface area contributed by atoms with Crippen LogP contribution in [0, 0.1) is 0 Å². The minimum Gasteiger partial charge on any atom is -0.494 e. The van der Waals surface area contributed by atoms with Gasteiger partial charge in [-0.05, 0) is 37.6 Å². The molecule has 0 aliphatic heterocycles. The Morgan fingerprint density at radius 1 is 1.32 bits per heavy atom. The van der Waals surface area contributed by atoms with Gasteiger partial charge in [0.2, 0.25) is 0 Å². The lowest BCUT2D eigenvalue weighted by Crippen LogP contribution is -1.99. The van der Waals surface area contributed by atoms with Gasteiger partial charge in [-0.15, -0.1) is 11.3 Å². The Bertz CT molecular complexity index is 575. The van der Waals surface area contributed by atoms with E-state index < -0.39 is 5.97 Å². The lowest BCUT2D eigenvalue weighted by molar-refractivity contribution is 0.0690. The zero-order valence-electron chi connectivity index (χ0n) is 10.8. The van der Waals surface area contributed by atoms with Crippen LogP contribution >= 0.6 is 11.3 Å². The third-order valence-electron chi connectivity index (χ3n) is 2.63. The van der Waals surface area contributed by atoms with E-state index in [1.54, 1.807) is 0 Å². The van der Waals surface area contributed by atoms with Crippen molar-refractivity contribution in [3.05, 3.63) is 34.8 Å². The Kier molecular flexibility index (Phi) is 4.16. The molecule has 2 rings (SSSR count). The maximum Gasteiger partial charge on any atom is 0.355 e. The predicted octanol–water partition coefficient (Wildman–Crippen LogP) is 3.47. The van der Waals surface area contributed by atoms with Gasteiger partial charge in [0.1, 0.15) is 10.8 Å². The second-order valence-electron chi connectivity index (χ2n) is 3.91. The monoisotopic (exact) mass is 277 g/mol. The Hall–Kier alpha value is -1.88. The number of hydrogen-bond acceptors (Lipinski definition) is 4. The molecular formula is C14H15NO3S. The third-order valence-corrected chi connectivity index (χ3v) is 3.88. The van der Waals surface area contributed by atoms with Crippen molar-refractivity contribution in [3.63, 3.8) is 0 Å². The van der Waals surface area contributed by atoms with E-state index in [0.29, 0.717) is 13.0 Å². The van der Waals surface area contributed by atoms with Crippen LogP contribution in [0.2, 0.25) is 0 Å². The fraction of sp³-hybridized carbons (Fsp3) is 0.286. The molecule has 2 aromatic rings. The standard InChI is InChI=1S/C14H15NO3S/c1-3-11-12(14(16)17)15-13(19-11)9-5-7-10(8-6-9)18-4-2/h5-8H,3-4H2,1-2H3,(H,16,17). The zero-order chi connectivity index (χ0) is 13.8. The van der Waals surface area contributed by atoms with Crippen LogP contribution in [0.3, 0.4) is 0 Å². The molecule has 5 heteroatoms. The largest absolute Gasteiger partial charge is 0.494 e. The first-order valence-corrected chi connectivity index (χ1v) is 6.93. The lowest BCUT2D eigenvalue weighted by atomic mass is 10.2. The molecule has 1 N–H and O–H groups in total. The molecule has 1 heterocycles. The number of carboxylic acid groups (broad SMARTS) is 1. The second-order valence-corrected chi connectivity index (χ2v) is 4.99. The maximum atomic E-state index is 11.1. The minimum atomic E-state index is -0.967. The molecule has 0 saturated carbocycles. The van der Waals surface area contributed by atoms with Crippen molar-refractivity contribution in [2.45, 2.75) is 20.3 Å². The number of aryl methyl sites for hydroxylation is 1. The number of ether oxygens (including phenoxy) is 1. The molecule has 0 atom stereocenters. The molecule has 0 unspecified atom stereocenters. The highest BCUT2D eigenvalue weighted by molar-refractivity contribution is 7.15. The highest BCUT2D eigenvalue weighted by Crippen LogP contribution is 2.29. The summed E-state index contributed by atoms with van der Waals surface area (Å²) >= 11 is 1.43. The molecule has 19 heavy (non-hydrogen) atoms. The van der Waals surface area contributed by atoms with Crippen molar-refractivity contribution in [2.24, 2.45) is 0 Å². The average molecular weight is 277 g/mol. The number of aromatic carboxylic acids is 1. The first-order chi connectivity index (χ1) is 9.15. The van der Waals surface area contributed by atoms with Crippen LogP contribution in [0.15, 0.2) is 24.3 Å². The molecule has 1 aromatic carbocycles. The Morgan fingerprint density at radius 2 is 2.00 bits per heavy atom. The van der Waals surface area contributed by atoms with E-state index in [1.807, 2.05) is 38.1 Å². The summed E-state index contributed by atoms with van der Waals surface area (Å²) < 4.78 is 5.37. The van der Waals surface area contributed by atoms with Gasteiger partial charge in [0.15, 0.2) is 5.69 Å². The molecule has 0 bridgehead atoms. The van der Waals surface area contributed by atoms with Crippen LogP contribution in [-0.2, 0) is 6.42 Å². The molecule has 0 aliphatic carbocycles. The van der Waals surface area contributed by atoms with Crippen LogP contribution in [0.5, 0.6) is 5.75 Å². The van der Waals surface area contributed by atoms with Gasteiger partial charge in [-0.3, -0.25) is 0 Å². The van der Waals surface area contributed by atoms with Gasteiger partial charge in [-0.1, -0.05) is 6.92 Å². The third kappa shape index (κ3) is 2.93. The van der Waals surface area contributed by atoms with Crippen molar-refractivity contribution in [1.82, 2.24) is 4.98 Å². The molecule has 0 fully saturated rings. The summed E-state index contributed by atoms with van der Waals surface area (Å²) in [5, 5.41) is 9.83. The van der Waals surface area contributed by atoms with E-state index in [1.165, 1.54) is 11.3 Å². The molecule has 0 aliphatic rings. The topological polar surface area (TPSA) is 59.4 Å². The predicted molar refractivity (Wildman–Crippen MR) is 75.1 cm³/mol. The van der Waals surface area contributed by atoms with Crippen molar-refractivity contribution in [2.75, 3.05) is 6.61 Å². The lowest BCUT2D eigenvalue weighted by Gasteiger charge is -2.02. The molecule has 0 spiro atoms. The van der Waals surface area contributed by atoms with Gasteiger partial charge in [-0.25, -0.2) is 9.78 Å². The van der Waals surface area contributed by atoms with E-state index in [9.17, 15) is 4.79 Å². The van der Waals surface area contributed by atoms with Crippen LogP contribution in [0.4, 0.5) is 0 Å². The average Bonchev–Trinajstić information content (AvgIpc) is 2.84. The van der Waals surface area contributed by atoms with Gasteiger partial charge >= 0.3 is 5.97 Å². The van der Waals surface area contributed by atoms with E-state index in [-0.39, 0.29) is 5.69 Å². The quantitative estimate of drug-likeness (QED) is 0.909. The molecule has 0 amide bonds. The number of carbonyl (C=O) groups is 1. The van der Waals surface area contributed by atoms with Crippen LogP contribution in [-0.4, -0.2) is 22.7 Å². The smallest absolute Gasteiger partial charge is 0.355 e. The van der Waals surface area contributed by atoms with E-state index >= 15 is 0 Å². The van der Waals surface area contributed by atoms with Crippen molar-refractivity contribution in [3.8, 4) is 16.3 Å². The number of benzene rings is 1. The van der Waals surface area contributed by atoms with Crippen LogP contribution in [0.1, 0.15) is 29.2 Å². The van der Waals surface area contributed by atoms with Gasteiger partial charge in [0, 0.05) is 10.4 Å². The number of rotatable bonds is 5. The highest BCUT2D eigenvalue weighted by atomic mass is 32.1. The van der Waals surface area contributed by atoms with Crippen LogP contribution in [0.25, 0.3) is 10.6 Å². The molecule has 1 aromatic heterocycles. The number of hydrogen-bond donors (Lipinski definition) is 1. The summed E-state index contributed by atoms with van der Waals surface area (Å²) in [6, 6.07) is 7.53. The summed E-state index contributed by atoms with van der Waals surface area (Å²) in [6.07, 6.45) is 0.677. The van der Waals surface area contributed by atoms with Crippen LogP contribution < -0.4 is 4.74 Å². The van der Waals surface area contributed by atoms with Gasteiger partial charge < -0.3 is 9.84 Å². The number of nitrogens with zero attached hydrogens (tertiary/aromatic N) is 1. The number of carboxylic acids is 1. The van der Waals surface area contributed by atoms with Crippen molar-refractivity contribution in [1.29, 1.82) is 0 Å². The molecule has 4 nitrogen and oxygen atoms in total. The fourth-order valence-corrected chi connectivity index (χ4v) is 2.74. The minimum absolute atomic E-state index is 0.163. The summed E-state index contributed by atoms with van der Waals surface area (Å²) in [7, 11) is 0. The first-order valence-electron chi connectivity index (χ1n) is 6.12. The first kappa shape index (κ1) is 13.5. The number of thiazole rings is 1. The van der Waals surface area contributed by atoms with Crippen molar-refractivity contribution >= 4 is 17.3 Å². The summed E-state index contributed by atoms with van der Waals surface area (Å²) in [6.45, 7) is 4.49. The Morgan fingerprint density at radius 3 is 2.47 bits per heavy atom. The number of aromatic nitrogens is 1. The fourth-order valence-electron chi connectivity index (χ4n) is 1.74. The Balaban J connectivity index is 2.33. The summed E-state index contributed by atoms with van der Waals surface area (Å²) in [5.74, 6) is -0.165. The van der Waals surface area contributed by atoms with Gasteiger partial charge in [-0.2, -0.15) is 0 Å². The molecule has 0 radical (unpaired) electrons. The Labute approximate surface area is 115 Å². The molecule has 0 saturated heterocycles. The normalized spacial score (nSPS) is 10.4. The maximum absolute atomic E-state index is 11.1. The molecule has 100 valence electrons. The summed E-state index contributed by atoms with van der Waals surface area (Å²) in [5.41, 5.74) is 1.08. The summed E-state index contributed by atoms with van der Waals surface area (Å²) in [4.78, 5) is 16.1. The SMILES string of the molecule is CCOc1ccc(-c2nc(C(=O)O)c(CC)s2)cc1. The van der Waals surface area contributed by atoms with Gasteiger partial charge in [0.25, 0.3) is 0 Å². The molecular weight excluding hydrogens is 262 g/mol. The second kappa shape index (κ2) is 5.84. The van der Waals surface area contributed by atoms with Gasteiger partial charge in [0.05, 0.1) is 6.61 Å². The van der Waals surface area contributed by atoms with E-state index in [0.717, 1.165) is 21.2 Å². The zero-order valence-corrected chi connectivity index (χ0v) is 11.7. The van der Waals surface area contributed by atoms with E-state index in [2.05, 4.69) is 4.98 Å². The highest BCUT2D eigenvalue weighted by Gasteiger charge is 2.16. The van der Waals surface area contributed by atoms with E-state index in [4.69, 9.17) is 9.84 Å². The van der Waals surface area contributed by atoms with Crippen molar-refractivity contribution < 1.29 is 14.6 Å².